The molecule has 0 aliphatic carbocycles. The monoisotopic (exact) mass is 351 g/mol. The Balaban J connectivity index is 1.91. The lowest BCUT2D eigenvalue weighted by Crippen LogP contribution is -2.15. The predicted molar refractivity (Wildman–Crippen MR) is 83.5 cm³/mol. The van der Waals surface area contributed by atoms with Crippen LogP contribution in [-0.4, -0.2) is 25.5 Å². The van der Waals surface area contributed by atoms with E-state index in [2.05, 4.69) is 31.4 Å². The van der Waals surface area contributed by atoms with Crippen molar-refractivity contribution in [3.63, 3.8) is 0 Å². The highest BCUT2D eigenvalue weighted by Gasteiger charge is 2.24. The molecule has 0 saturated heterocycles. The highest BCUT2D eigenvalue weighted by atomic mass is 79.9. The number of hydrogen-bond acceptors (Lipinski definition) is 3. The number of aryl methyl sites for hydroxylation is 3. The molecule has 1 aliphatic rings. The molecule has 1 amide bonds. The molecule has 1 N–H and O–H groups in total. The van der Waals surface area contributed by atoms with Crippen molar-refractivity contribution in [2.45, 2.75) is 39.7 Å². The number of hydrogen-bond donors (Lipinski definition) is 1. The standard InChI is InChI=1S/C14H18BrN5O/c1-8-12(9(2)19(3)17-8)16-14(21)13-11(15)10-6-4-5-7-20(10)18-13/h4-7H2,1-3H3,(H,16,21). The largest absolute Gasteiger partial charge is 0.317 e. The maximum absolute atomic E-state index is 12.5. The van der Waals surface area contributed by atoms with E-state index in [9.17, 15) is 4.79 Å². The number of fused-ring (bicyclic) bond motifs is 1. The molecule has 7 heteroatoms. The van der Waals surface area contributed by atoms with E-state index in [0.717, 1.165) is 53.0 Å². The van der Waals surface area contributed by atoms with E-state index in [1.54, 1.807) is 4.68 Å². The van der Waals surface area contributed by atoms with Crippen LogP contribution >= 0.6 is 15.9 Å². The van der Waals surface area contributed by atoms with E-state index < -0.39 is 0 Å². The van der Waals surface area contributed by atoms with Crippen LogP contribution in [0.15, 0.2) is 4.47 Å². The molecule has 0 unspecified atom stereocenters. The molecule has 1 aliphatic heterocycles. The van der Waals surface area contributed by atoms with Crippen LogP contribution in [0.4, 0.5) is 5.69 Å². The van der Waals surface area contributed by atoms with Crippen LogP contribution in [-0.2, 0) is 20.0 Å². The smallest absolute Gasteiger partial charge is 0.277 e. The fourth-order valence-corrected chi connectivity index (χ4v) is 3.39. The molecule has 3 rings (SSSR count). The first-order valence-electron chi connectivity index (χ1n) is 7.05. The van der Waals surface area contributed by atoms with Gasteiger partial charge in [-0.25, -0.2) is 0 Å². The van der Waals surface area contributed by atoms with Crippen LogP contribution in [0.3, 0.4) is 0 Å². The van der Waals surface area contributed by atoms with E-state index >= 15 is 0 Å². The number of anilines is 1. The van der Waals surface area contributed by atoms with Gasteiger partial charge in [0.05, 0.1) is 27.2 Å². The van der Waals surface area contributed by atoms with Crippen molar-refractivity contribution in [3.8, 4) is 0 Å². The van der Waals surface area contributed by atoms with Crippen molar-refractivity contribution < 1.29 is 4.79 Å². The molecule has 112 valence electrons. The van der Waals surface area contributed by atoms with Gasteiger partial charge in [0.1, 0.15) is 0 Å². The minimum Gasteiger partial charge on any atom is -0.317 e. The average Bonchev–Trinajstić information content (AvgIpc) is 2.92. The maximum Gasteiger partial charge on any atom is 0.277 e. The highest BCUT2D eigenvalue weighted by Crippen LogP contribution is 2.28. The zero-order chi connectivity index (χ0) is 15.1. The number of carbonyl (C=O) groups excluding carboxylic acids is 1. The summed E-state index contributed by atoms with van der Waals surface area (Å²) in [4.78, 5) is 12.5. The van der Waals surface area contributed by atoms with Crippen molar-refractivity contribution in [2.75, 3.05) is 5.32 Å². The summed E-state index contributed by atoms with van der Waals surface area (Å²) in [7, 11) is 1.86. The first-order chi connectivity index (χ1) is 9.99. The summed E-state index contributed by atoms with van der Waals surface area (Å²) in [6.07, 6.45) is 3.22. The van der Waals surface area contributed by atoms with Gasteiger partial charge in [-0.3, -0.25) is 14.2 Å². The molecule has 3 heterocycles. The van der Waals surface area contributed by atoms with Gasteiger partial charge in [0.25, 0.3) is 5.91 Å². The van der Waals surface area contributed by atoms with Gasteiger partial charge in [0.2, 0.25) is 0 Å². The van der Waals surface area contributed by atoms with Crippen LogP contribution < -0.4 is 5.32 Å². The molecule has 0 saturated carbocycles. The molecule has 0 fully saturated rings. The Morgan fingerprint density at radius 1 is 1.29 bits per heavy atom. The molecule has 6 nitrogen and oxygen atoms in total. The third kappa shape index (κ3) is 2.39. The second-order valence-electron chi connectivity index (χ2n) is 5.41. The average molecular weight is 352 g/mol. The highest BCUT2D eigenvalue weighted by molar-refractivity contribution is 9.10. The third-order valence-corrected chi connectivity index (χ3v) is 4.82. The molecule has 0 spiro atoms. The summed E-state index contributed by atoms with van der Waals surface area (Å²) in [6, 6.07) is 0. The SMILES string of the molecule is Cc1nn(C)c(C)c1NC(=O)c1nn2c(c1Br)CCCC2. The van der Waals surface area contributed by atoms with Crippen LogP contribution in [0, 0.1) is 13.8 Å². The quantitative estimate of drug-likeness (QED) is 0.904. The van der Waals surface area contributed by atoms with Gasteiger partial charge in [0.15, 0.2) is 5.69 Å². The zero-order valence-electron chi connectivity index (χ0n) is 12.4. The van der Waals surface area contributed by atoms with Gasteiger partial charge < -0.3 is 5.32 Å². The van der Waals surface area contributed by atoms with Crippen molar-refractivity contribution in [1.29, 1.82) is 0 Å². The number of rotatable bonds is 2. The van der Waals surface area contributed by atoms with Gasteiger partial charge in [-0.2, -0.15) is 10.2 Å². The topological polar surface area (TPSA) is 64.7 Å². The Kier molecular flexibility index (Phi) is 3.61. The summed E-state index contributed by atoms with van der Waals surface area (Å²) >= 11 is 3.53. The molecular formula is C14H18BrN5O. The summed E-state index contributed by atoms with van der Waals surface area (Å²) < 4.78 is 4.52. The summed E-state index contributed by atoms with van der Waals surface area (Å²) in [5.41, 5.74) is 4.07. The van der Waals surface area contributed by atoms with Gasteiger partial charge in [-0.05, 0) is 49.0 Å². The third-order valence-electron chi connectivity index (χ3n) is 3.99. The first kappa shape index (κ1) is 14.3. The molecule has 0 radical (unpaired) electrons. The minimum atomic E-state index is -0.192. The lowest BCUT2D eigenvalue weighted by molar-refractivity contribution is 0.102. The van der Waals surface area contributed by atoms with Gasteiger partial charge in [0, 0.05) is 13.6 Å². The number of halogens is 1. The van der Waals surface area contributed by atoms with Crippen LogP contribution in [0.1, 0.15) is 40.4 Å². The van der Waals surface area contributed by atoms with Crippen molar-refractivity contribution in [2.24, 2.45) is 7.05 Å². The van der Waals surface area contributed by atoms with E-state index in [1.165, 1.54) is 0 Å². The second-order valence-corrected chi connectivity index (χ2v) is 6.21. The Hall–Kier alpha value is -1.63. The van der Waals surface area contributed by atoms with Crippen LogP contribution in [0.2, 0.25) is 0 Å². The summed E-state index contributed by atoms with van der Waals surface area (Å²) in [6.45, 7) is 4.70. The fraction of sp³-hybridized carbons (Fsp3) is 0.500. The van der Waals surface area contributed by atoms with E-state index in [0.29, 0.717) is 5.69 Å². The maximum atomic E-state index is 12.5. The minimum absolute atomic E-state index is 0.192. The number of amides is 1. The van der Waals surface area contributed by atoms with E-state index in [1.807, 2.05) is 25.6 Å². The van der Waals surface area contributed by atoms with Crippen molar-refractivity contribution >= 4 is 27.5 Å². The van der Waals surface area contributed by atoms with Gasteiger partial charge in [-0.15, -0.1) is 0 Å². The first-order valence-corrected chi connectivity index (χ1v) is 7.85. The fourth-order valence-electron chi connectivity index (χ4n) is 2.73. The number of nitrogens with zero attached hydrogens (tertiary/aromatic N) is 4. The lowest BCUT2D eigenvalue weighted by atomic mass is 10.1. The summed E-state index contributed by atoms with van der Waals surface area (Å²) in [5.74, 6) is -0.192. The van der Waals surface area contributed by atoms with E-state index in [4.69, 9.17) is 0 Å². The van der Waals surface area contributed by atoms with Crippen LogP contribution in [0.5, 0.6) is 0 Å². The Morgan fingerprint density at radius 2 is 2.05 bits per heavy atom. The summed E-state index contributed by atoms with van der Waals surface area (Å²) in [5, 5.41) is 11.7. The molecule has 0 bridgehead atoms. The lowest BCUT2D eigenvalue weighted by Gasteiger charge is -2.12. The molecular weight excluding hydrogens is 334 g/mol. The molecule has 2 aromatic rings. The Bertz CT molecular complexity index is 716. The Morgan fingerprint density at radius 3 is 2.67 bits per heavy atom. The van der Waals surface area contributed by atoms with Crippen molar-refractivity contribution in [1.82, 2.24) is 19.6 Å². The van der Waals surface area contributed by atoms with E-state index in [-0.39, 0.29) is 5.91 Å². The van der Waals surface area contributed by atoms with Gasteiger partial charge >= 0.3 is 0 Å². The number of carbonyl (C=O) groups is 1. The predicted octanol–water partition coefficient (Wildman–Crippen LogP) is 2.58. The molecule has 0 aromatic carbocycles. The Labute approximate surface area is 131 Å². The normalized spacial score (nSPS) is 14.1. The molecule has 21 heavy (non-hydrogen) atoms. The number of aromatic nitrogens is 4. The zero-order valence-corrected chi connectivity index (χ0v) is 14.0. The van der Waals surface area contributed by atoms with Gasteiger partial charge in [-0.1, -0.05) is 0 Å². The molecule has 2 aromatic heterocycles. The van der Waals surface area contributed by atoms with Crippen molar-refractivity contribution in [3.05, 3.63) is 27.2 Å². The van der Waals surface area contributed by atoms with Crippen LogP contribution in [0.25, 0.3) is 0 Å². The molecule has 0 atom stereocenters. The second kappa shape index (κ2) is 5.29. The number of nitrogens with one attached hydrogen (secondary N) is 1.